The van der Waals surface area contributed by atoms with Crippen molar-refractivity contribution in [1.82, 2.24) is 10.4 Å². The molecule has 0 radical (unpaired) electrons. The molecule has 9 heteroatoms. The molecule has 1 saturated carbocycles. The van der Waals surface area contributed by atoms with Crippen LogP contribution < -0.4 is 11.1 Å². The van der Waals surface area contributed by atoms with E-state index in [1.807, 2.05) is 24.3 Å². The molecule has 1 aliphatic carbocycles. The van der Waals surface area contributed by atoms with Crippen molar-refractivity contribution in [1.29, 1.82) is 0 Å². The van der Waals surface area contributed by atoms with Crippen LogP contribution in [0.4, 0.5) is 0 Å². The Morgan fingerprint density at radius 1 is 1.19 bits per heavy atom. The Bertz CT molecular complexity index is 1080. The average Bonchev–Trinajstić information content (AvgIpc) is 3.42. The molecule has 5 rings (SSSR count). The van der Waals surface area contributed by atoms with Crippen LogP contribution in [0, 0.1) is 17.8 Å². The summed E-state index contributed by atoms with van der Waals surface area (Å²) in [6.07, 6.45) is 4.01. The number of hydrogen-bond donors (Lipinski definition) is 2. The lowest BCUT2D eigenvalue weighted by Gasteiger charge is -2.35. The summed E-state index contributed by atoms with van der Waals surface area (Å²) in [7, 11) is 0. The molecular formula is C27H33N3O6. The molecule has 4 aliphatic rings. The summed E-state index contributed by atoms with van der Waals surface area (Å²) in [6.45, 7) is 2.90. The summed E-state index contributed by atoms with van der Waals surface area (Å²) < 4.78 is 11.5. The predicted molar refractivity (Wildman–Crippen MR) is 129 cm³/mol. The number of hydrogen-bond acceptors (Lipinski definition) is 7. The maximum absolute atomic E-state index is 13.5. The summed E-state index contributed by atoms with van der Waals surface area (Å²) in [5.41, 5.74) is 5.87. The number of esters is 1. The molecule has 3 saturated heterocycles. The van der Waals surface area contributed by atoms with Gasteiger partial charge in [-0.05, 0) is 37.0 Å². The van der Waals surface area contributed by atoms with E-state index in [1.165, 1.54) is 0 Å². The fourth-order valence-corrected chi connectivity index (χ4v) is 5.63. The Morgan fingerprint density at radius 2 is 2.00 bits per heavy atom. The number of nitrogens with one attached hydrogen (secondary N) is 1. The van der Waals surface area contributed by atoms with Crippen molar-refractivity contribution in [2.75, 3.05) is 6.54 Å². The van der Waals surface area contributed by atoms with Crippen LogP contribution in [0.1, 0.15) is 63.0 Å². The van der Waals surface area contributed by atoms with Crippen LogP contribution in [-0.4, -0.2) is 59.3 Å². The zero-order valence-corrected chi connectivity index (χ0v) is 20.5. The van der Waals surface area contributed by atoms with Gasteiger partial charge in [0.05, 0.1) is 18.6 Å². The van der Waals surface area contributed by atoms with Gasteiger partial charge in [-0.3, -0.25) is 19.2 Å². The molecule has 3 aliphatic heterocycles. The summed E-state index contributed by atoms with van der Waals surface area (Å²) in [6, 6.07) is 7.20. The molecule has 2 amide bonds. The molecule has 1 aromatic rings. The van der Waals surface area contributed by atoms with Gasteiger partial charge in [-0.15, -0.1) is 0 Å². The molecule has 0 bridgehead atoms. The van der Waals surface area contributed by atoms with Crippen molar-refractivity contribution in [2.45, 2.75) is 88.4 Å². The first-order valence-electron chi connectivity index (χ1n) is 12.9. The Hall–Kier alpha value is -2.93. The monoisotopic (exact) mass is 495 g/mol. The lowest BCUT2D eigenvalue weighted by atomic mass is 9.71. The van der Waals surface area contributed by atoms with Crippen LogP contribution in [0.15, 0.2) is 24.3 Å². The van der Waals surface area contributed by atoms with E-state index in [0.717, 1.165) is 36.8 Å². The summed E-state index contributed by atoms with van der Waals surface area (Å²) in [5.74, 6) is 4.93. The molecule has 0 aromatic heterocycles. The highest BCUT2D eigenvalue weighted by Gasteiger charge is 2.76. The van der Waals surface area contributed by atoms with E-state index >= 15 is 0 Å². The first-order valence-corrected chi connectivity index (χ1v) is 12.9. The Morgan fingerprint density at radius 3 is 2.75 bits per heavy atom. The van der Waals surface area contributed by atoms with E-state index in [4.69, 9.17) is 20.0 Å². The molecule has 3 N–H and O–H groups in total. The molecule has 1 aromatic carbocycles. The molecule has 3 heterocycles. The number of carbonyl (C=O) groups is 3. The van der Waals surface area contributed by atoms with Gasteiger partial charge in [-0.2, -0.15) is 5.06 Å². The highest BCUT2D eigenvalue weighted by atomic mass is 16.7. The van der Waals surface area contributed by atoms with E-state index in [2.05, 4.69) is 24.1 Å². The molecule has 192 valence electrons. The minimum atomic E-state index is -1.21. The van der Waals surface area contributed by atoms with Crippen molar-refractivity contribution in [2.24, 2.45) is 11.7 Å². The Kier molecular flexibility index (Phi) is 7.02. The number of fused-ring (bicyclic) bond motifs is 2. The normalized spacial score (nSPS) is 31.6. The molecule has 6 atom stereocenters. The van der Waals surface area contributed by atoms with Gasteiger partial charge in [0.2, 0.25) is 5.91 Å². The van der Waals surface area contributed by atoms with Crippen molar-refractivity contribution >= 4 is 17.8 Å². The molecule has 0 spiro atoms. The van der Waals surface area contributed by atoms with E-state index in [0.29, 0.717) is 32.4 Å². The molecule has 36 heavy (non-hydrogen) atoms. The maximum atomic E-state index is 13.5. The van der Waals surface area contributed by atoms with Gasteiger partial charge in [0, 0.05) is 31.4 Å². The number of benzene rings is 1. The van der Waals surface area contributed by atoms with Gasteiger partial charge < -0.3 is 20.5 Å². The standard InChI is InChI=1S/C27H33N3O6/c1-2-3-5-8-17-10-12-18(13-11-17)16-30-22-21-24(35-25(22)32)23-19(34-23)15-27(21,36-30)26(33)29-14-7-4-6-9-20(28)31/h10-13,19,21-24H,2-4,6-7,9,14-16H2,1H3,(H2,28,31)(H,29,33)/t19-,21+,22-,23-,24-,27-/m0/s1. The minimum absolute atomic E-state index is 0.153. The van der Waals surface area contributed by atoms with E-state index < -0.39 is 23.7 Å². The number of amides is 2. The fraction of sp³-hybridized carbons (Fsp3) is 0.593. The summed E-state index contributed by atoms with van der Waals surface area (Å²) in [5, 5.41) is 4.62. The lowest BCUT2D eigenvalue weighted by molar-refractivity contribution is -0.229. The fourth-order valence-electron chi connectivity index (χ4n) is 5.63. The number of epoxide rings is 1. The number of nitrogens with two attached hydrogens (primary N) is 1. The second-order valence-electron chi connectivity index (χ2n) is 10.1. The van der Waals surface area contributed by atoms with Crippen LogP contribution in [0.2, 0.25) is 0 Å². The van der Waals surface area contributed by atoms with Gasteiger partial charge in [0.15, 0.2) is 5.60 Å². The van der Waals surface area contributed by atoms with Crippen molar-refractivity contribution < 1.29 is 28.7 Å². The van der Waals surface area contributed by atoms with Crippen molar-refractivity contribution in [3.63, 3.8) is 0 Å². The number of rotatable bonds is 10. The third-order valence-electron chi connectivity index (χ3n) is 7.44. The van der Waals surface area contributed by atoms with Gasteiger partial charge in [-0.1, -0.05) is 37.3 Å². The van der Waals surface area contributed by atoms with Gasteiger partial charge >= 0.3 is 5.97 Å². The van der Waals surface area contributed by atoms with Gasteiger partial charge in [0.1, 0.15) is 18.2 Å². The second kappa shape index (κ2) is 10.2. The highest BCUT2D eigenvalue weighted by molar-refractivity contribution is 5.90. The maximum Gasteiger partial charge on any atom is 0.326 e. The number of unbranched alkanes of at least 4 members (excludes halogenated alkanes) is 3. The molecule has 0 unspecified atom stereocenters. The number of hydroxylamine groups is 2. The lowest BCUT2D eigenvalue weighted by Crippen LogP contribution is -2.58. The first kappa shape index (κ1) is 24.8. The van der Waals surface area contributed by atoms with Crippen molar-refractivity contribution in [3.8, 4) is 11.8 Å². The number of nitrogens with zero attached hydrogens (tertiary/aromatic N) is 1. The van der Waals surface area contributed by atoms with Crippen LogP contribution in [0.5, 0.6) is 0 Å². The number of ether oxygens (including phenoxy) is 2. The van der Waals surface area contributed by atoms with Gasteiger partial charge in [0.25, 0.3) is 5.91 Å². The second-order valence-corrected chi connectivity index (χ2v) is 10.1. The minimum Gasteiger partial charge on any atom is -0.458 e. The quantitative estimate of drug-likeness (QED) is 0.219. The Labute approximate surface area is 210 Å². The smallest absolute Gasteiger partial charge is 0.326 e. The Balaban J connectivity index is 1.28. The SMILES string of the molecule is CCCC#Cc1ccc(CN2O[C@@]3(C(=O)NCCCCCC(N)=O)C[C@@H]4O[C@@H]4[C@H]4OC(=O)[C@@H]2[C@H]43)cc1. The van der Waals surface area contributed by atoms with Crippen LogP contribution in [-0.2, 0) is 35.2 Å². The van der Waals surface area contributed by atoms with Gasteiger partial charge in [-0.25, -0.2) is 0 Å². The van der Waals surface area contributed by atoms with Crippen LogP contribution in [0.3, 0.4) is 0 Å². The third kappa shape index (κ3) is 4.73. The summed E-state index contributed by atoms with van der Waals surface area (Å²) >= 11 is 0. The molecule has 4 fully saturated rings. The predicted octanol–water partition coefficient (Wildman–Crippen LogP) is 1.57. The number of primary amides is 1. The number of carbonyl (C=O) groups excluding carboxylic acids is 3. The summed E-state index contributed by atoms with van der Waals surface area (Å²) in [4.78, 5) is 43.8. The van der Waals surface area contributed by atoms with Crippen LogP contribution in [0.25, 0.3) is 0 Å². The van der Waals surface area contributed by atoms with E-state index in [9.17, 15) is 14.4 Å². The molecule has 9 nitrogen and oxygen atoms in total. The zero-order valence-electron chi connectivity index (χ0n) is 20.5. The largest absolute Gasteiger partial charge is 0.458 e. The topological polar surface area (TPSA) is 123 Å². The molecular weight excluding hydrogens is 462 g/mol. The van der Waals surface area contributed by atoms with E-state index in [1.54, 1.807) is 5.06 Å². The zero-order chi connectivity index (χ0) is 25.3. The van der Waals surface area contributed by atoms with Crippen molar-refractivity contribution in [3.05, 3.63) is 35.4 Å². The third-order valence-corrected chi connectivity index (χ3v) is 7.44. The first-order chi connectivity index (χ1) is 17.4. The average molecular weight is 496 g/mol. The highest BCUT2D eigenvalue weighted by Crippen LogP contribution is 2.57. The van der Waals surface area contributed by atoms with Crippen LogP contribution >= 0.6 is 0 Å². The van der Waals surface area contributed by atoms with E-state index in [-0.39, 0.29) is 30.0 Å².